The molecule has 76 valence electrons. The highest BCUT2D eigenvalue weighted by atomic mass is 35.5. The lowest BCUT2D eigenvalue weighted by molar-refractivity contribution is 0.322. The summed E-state index contributed by atoms with van der Waals surface area (Å²) in [5.41, 5.74) is 0. The molecule has 1 aliphatic heterocycles. The van der Waals surface area contributed by atoms with Crippen LogP contribution in [0.3, 0.4) is 0 Å². The van der Waals surface area contributed by atoms with Crippen LogP contribution in [0.2, 0.25) is 0 Å². The Labute approximate surface area is 87.7 Å². The number of nitrogens with one attached hydrogen (secondary N) is 1. The monoisotopic (exact) mass is 201 g/mol. The van der Waals surface area contributed by atoms with Crippen LogP contribution in [0, 0.1) is 0 Å². The summed E-state index contributed by atoms with van der Waals surface area (Å²) in [6, 6.07) is 1.34. The Morgan fingerprint density at radius 2 is 1.54 bits per heavy atom. The van der Waals surface area contributed by atoms with Gasteiger partial charge in [-0.05, 0) is 25.7 Å². The zero-order valence-electron chi connectivity index (χ0n) is 8.17. The summed E-state index contributed by atoms with van der Waals surface area (Å²) in [6.45, 7) is 7.53. The summed E-state index contributed by atoms with van der Waals surface area (Å²) < 4.78 is 0. The van der Waals surface area contributed by atoms with E-state index < -0.39 is 0 Å². The first-order valence-corrected chi connectivity index (χ1v) is 4.84. The molecule has 13 heavy (non-hydrogen) atoms. The molecule has 0 amide bonds. The standard InChI is InChI=1S/C11H19N.ClH/c1-3-6-10-8-5-9-11(12-10)7-4-2;/h3-4,10-12H,1-2,5-9H2;1H/t10-,11+;. The number of piperidine rings is 1. The highest BCUT2D eigenvalue weighted by molar-refractivity contribution is 5.85. The zero-order chi connectivity index (χ0) is 8.81. The van der Waals surface area contributed by atoms with Crippen LogP contribution >= 0.6 is 12.4 Å². The Hall–Kier alpha value is -0.270. The lowest BCUT2D eigenvalue weighted by atomic mass is 9.95. The van der Waals surface area contributed by atoms with Gasteiger partial charge in [0.15, 0.2) is 0 Å². The molecule has 1 rings (SSSR count). The maximum absolute atomic E-state index is 3.77. The third-order valence-electron chi connectivity index (χ3n) is 2.48. The Bertz CT molecular complexity index is 140. The van der Waals surface area contributed by atoms with Gasteiger partial charge in [0.1, 0.15) is 0 Å². The van der Waals surface area contributed by atoms with Gasteiger partial charge in [0, 0.05) is 12.1 Å². The molecule has 1 saturated heterocycles. The van der Waals surface area contributed by atoms with E-state index in [9.17, 15) is 0 Å². The van der Waals surface area contributed by atoms with Gasteiger partial charge in [0.25, 0.3) is 0 Å². The minimum Gasteiger partial charge on any atom is -0.311 e. The van der Waals surface area contributed by atoms with E-state index in [2.05, 4.69) is 18.5 Å². The van der Waals surface area contributed by atoms with E-state index in [1.807, 2.05) is 12.2 Å². The highest BCUT2D eigenvalue weighted by Crippen LogP contribution is 2.17. The average Bonchev–Trinajstić information content (AvgIpc) is 2.06. The summed E-state index contributed by atoms with van der Waals surface area (Å²) >= 11 is 0. The van der Waals surface area contributed by atoms with Crippen molar-refractivity contribution in [2.75, 3.05) is 0 Å². The van der Waals surface area contributed by atoms with Gasteiger partial charge in [-0.1, -0.05) is 18.6 Å². The highest BCUT2D eigenvalue weighted by Gasteiger charge is 2.18. The van der Waals surface area contributed by atoms with Crippen LogP contribution in [0.5, 0.6) is 0 Å². The molecule has 0 aromatic carbocycles. The summed E-state index contributed by atoms with van der Waals surface area (Å²) in [7, 11) is 0. The second-order valence-corrected chi connectivity index (χ2v) is 3.54. The molecule has 0 unspecified atom stereocenters. The van der Waals surface area contributed by atoms with Crippen molar-refractivity contribution in [1.82, 2.24) is 5.32 Å². The van der Waals surface area contributed by atoms with Gasteiger partial charge in [0.2, 0.25) is 0 Å². The van der Waals surface area contributed by atoms with E-state index in [-0.39, 0.29) is 12.4 Å². The van der Waals surface area contributed by atoms with Gasteiger partial charge in [0.05, 0.1) is 0 Å². The van der Waals surface area contributed by atoms with E-state index in [1.165, 1.54) is 19.3 Å². The first-order valence-electron chi connectivity index (χ1n) is 4.84. The predicted molar refractivity (Wildman–Crippen MR) is 61.4 cm³/mol. The molecule has 2 atom stereocenters. The largest absolute Gasteiger partial charge is 0.311 e. The van der Waals surface area contributed by atoms with Crippen molar-refractivity contribution in [2.45, 2.75) is 44.2 Å². The Balaban J connectivity index is 0.00000144. The van der Waals surface area contributed by atoms with Gasteiger partial charge in [-0.15, -0.1) is 25.6 Å². The van der Waals surface area contributed by atoms with E-state index >= 15 is 0 Å². The Morgan fingerprint density at radius 3 is 1.92 bits per heavy atom. The van der Waals surface area contributed by atoms with E-state index in [0.717, 1.165) is 12.8 Å². The lowest BCUT2D eigenvalue weighted by Gasteiger charge is -2.29. The third-order valence-corrected chi connectivity index (χ3v) is 2.48. The van der Waals surface area contributed by atoms with Crippen LogP contribution in [-0.4, -0.2) is 12.1 Å². The van der Waals surface area contributed by atoms with E-state index in [0.29, 0.717) is 12.1 Å². The molecule has 1 nitrogen and oxygen atoms in total. The fraction of sp³-hybridized carbons (Fsp3) is 0.636. The van der Waals surface area contributed by atoms with Crippen molar-refractivity contribution in [3.05, 3.63) is 25.3 Å². The van der Waals surface area contributed by atoms with Crippen molar-refractivity contribution >= 4 is 12.4 Å². The van der Waals surface area contributed by atoms with Crippen molar-refractivity contribution in [3.8, 4) is 0 Å². The molecule has 0 aromatic rings. The topological polar surface area (TPSA) is 12.0 Å². The molecule has 0 radical (unpaired) electrons. The van der Waals surface area contributed by atoms with E-state index in [4.69, 9.17) is 0 Å². The van der Waals surface area contributed by atoms with Crippen molar-refractivity contribution in [2.24, 2.45) is 0 Å². The smallest absolute Gasteiger partial charge is 0.0104 e. The number of rotatable bonds is 4. The zero-order valence-corrected chi connectivity index (χ0v) is 8.98. The molecule has 0 aliphatic carbocycles. The van der Waals surface area contributed by atoms with Gasteiger partial charge in [-0.25, -0.2) is 0 Å². The maximum Gasteiger partial charge on any atom is 0.0104 e. The second-order valence-electron chi connectivity index (χ2n) is 3.54. The molecule has 0 saturated carbocycles. The molecule has 0 bridgehead atoms. The quantitative estimate of drug-likeness (QED) is 0.690. The summed E-state index contributed by atoms with van der Waals surface area (Å²) in [5.74, 6) is 0. The predicted octanol–water partition coefficient (Wildman–Crippen LogP) is 3.07. The molecule has 1 N–H and O–H groups in total. The van der Waals surface area contributed by atoms with Crippen LogP contribution in [0.25, 0.3) is 0 Å². The van der Waals surface area contributed by atoms with Crippen molar-refractivity contribution in [1.29, 1.82) is 0 Å². The van der Waals surface area contributed by atoms with Crippen LogP contribution in [0.15, 0.2) is 25.3 Å². The first kappa shape index (κ1) is 12.7. The molecule has 0 spiro atoms. The molecule has 1 aliphatic rings. The van der Waals surface area contributed by atoms with Crippen molar-refractivity contribution in [3.63, 3.8) is 0 Å². The van der Waals surface area contributed by atoms with Gasteiger partial charge < -0.3 is 5.32 Å². The number of halogens is 1. The summed E-state index contributed by atoms with van der Waals surface area (Å²) in [5, 5.41) is 3.61. The van der Waals surface area contributed by atoms with Crippen LogP contribution in [0.1, 0.15) is 32.1 Å². The van der Waals surface area contributed by atoms with Gasteiger partial charge >= 0.3 is 0 Å². The molecule has 1 heterocycles. The molecule has 2 heteroatoms. The Morgan fingerprint density at radius 1 is 1.08 bits per heavy atom. The van der Waals surface area contributed by atoms with Crippen molar-refractivity contribution < 1.29 is 0 Å². The van der Waals surface area contributed by atoms with Crippen LogP contribution in [0.4, 0.5) is 0 Å². The third kappa shape index (κ3) is 4.49. The molecule has 0 aromatic heterocycles. The fourth-order valence-corrected chi connectivity index (χ4v) is 1.88. The second kappa shape index (κ2) is 7.16. The summed E-state index contributed by atoms with van der Waals surface area (Å²) in [6.07, 6.45) is 10.2. The van der Waals surface area contributed by atoms with Gasteiger partial charge in [-0.2, -0.15) is 0 Å². The average molecular weight is 202 g/mol. The minimum absolute atomic E-state index is 0. The molecular weight excluding hydrogens is 182 g/mol. The number of hydrogen-bond acceptors (Lipinski definition) is 1. The molecular formula is C11H20ClN. The SMILES string of the molecule is C=CC[C@@H]1CCC[C@H](CC=C)N1.Cl. The normalized spacial score (nSPS) is 27.4. The fourth-order valence-electron chi connectivity index (χ4n) is 1.88. The summed E-state index contributed by atoms with van der Waals surface area (Å²) in [4.78, 5) is 0. The maximum atomic E-state index is 3.77. The van der Waals surface area contributed by atoms with Crippen LogP contribution in [-0.2, 0) is 0 Å². The van der Waals surface area contributed by atoms with Crippen LogP contribution < -0.4 is 5.32 Å². The lowest BCUT2D eigenvalue weighted by Crippen LogP contribution is -2.41. The first-order chi connectivity index (χ1) is 5.86. The number of hydrogen-bond donors (Lipinski definition) is 1. The molecule has 1 fully saturated rings. The van der Waals surface area contributed by atoms with Gasteiger partial charge in [-0.3, -0.25) is 0 Å². The minimum atomic E-state index is 0. The Kier molecular flexibility index (Phi) is 7.02. The van der Waals surface area contributed by atoms with E-state index in [1.54, 1.807) is 0 Å².